The summed E-state index contributed by atoms with van der Waals surface area (Å²) >= 11 is 0. The highest BCUT2D eigenvalue weighted by Crippen LogP contribution is 2.36. The van der Waals surface area contributed by atoms with Crippen molar-refractivity contribution in [2.45, 2.75) is 50.1 Å². The standard InChI is InChI=1S/C31H34N4O3/c1-34(23-12-17-35(18-13-23)24-10-15-32-16-11-24)31(37)22-7-6-21-8-9-28(27(21)20-22)33-30(36)26-14-19-38-29-5-3-2-4-25(26)29/h2-7,10-11,15-16,20,23,26,28H,8-9,12-14,17-19H2,1H3,(H,33,36)/t26?,28-/m1/s1. The van der Waals surface area contributed by atoms with Gasteiger partial charge in [-0.2, -0.15) is 0 Å². The second-order valence-electron chi connectivity index (χ2n) is 10.6. The van der Waals surface area contributed by atoms with Crippen molar-refractivity contribution in [3.63, 3.8) is 0 Å². The first-order chi connectivity index (χ1) is 18.6. The normalized spacial score (nSPS) is 20.7. The average Bonchev–Trinajstić information content (AvgIpc) is 3.38. The zero-order valence-electron chi connectivity index (χ0n) is 21.8. The van der Waals surface area contributed by atoms with Crippen molar-refractivity contribution in [3.8, 4) is 5.75 Å². The Bertz CT molecular complexity index is 1320. The van der Waals surface area contributed by atoms with E-state index in [2.05, 4.69) is 21.3 Å². The second-order valence-corrected chi connectivity index (χ2v) is 10.6. The van der Waals surface area contributed by atoms with E-state index in [4.69, 9.17) is 4.74 Å². The number of piperidine rings is 1. The number of aromatic nitrogens is 1. The van der Waals surface area contributed by atoms with Gasteiger partial charge in [0.15, 0.2) is 0 Å². The van der Waals surface area contributed by atoms with Crippen LogP contribution in [-0.2, 0) is 11.2 Å². The maximum atomic E-state index is 13.5. The third kappa shape index (κ3) is 4.73. The van der Waals surface area contributed by atoms with Crippen LogP contribution < -0.4 is 15.0 Å². The summed E-state index contributed by atoms with van der Waals surface area (Å²) < 4.78 is 5.75. The molecule has 6 rings (SSSR count). The Balaban J connectivity index is 1.12. The van der Waals surface area contributed by atoms with Crippen LogP contribution in [0.3, 0.4) is 0 Å². The summed E-state index contributed by atoms with van der Waals surface area (Å²) in [6.07, 6.45) is 7.94. The molecule has 1 aromatic heterocycles. The first kappa shape index (κ1) is 24.5. The molecule has 196 valence electrons. The van der Waals surface area contributed by atoms with E-state index in [1.165, 1.54) is 11.3 Å². The number of carbonyl (C=O) groups is 2. The molecule has 38 heavy (non-hydrogen) atoms. The minimum atomic E-state index is -0.210. The van der Waals surface area contributed by atoms with Gasteiger partial charge >= 0.3 is 0 Å². The fourth-order valence-corrected chi connectivity index (χ4v) is 6.21. The third-order valence-electron chi connectivity index (χ3n) is 8.42. The Kier molecular flexibility index (Phi) is 6.75. The van der Waals surface area contributed by atoms with Gasteiger partial charge in [0, 0.05) is 55.4 Å². The van der Waals surface area contributed by atoms with Crippen LogP contribution in [0.2, 0.25) is 0 Å². The van der Waals surface area contributed by atoms with Gasteiger partial charge in [-0.3, -0.25) is 14.6 Å². The molecule has 7 heteroatoms. The zero-order chi connectivity index (χ0) is 26.1. The predicted molar refractivity (Wildman–Crippen MR) is 147 cm³/mol. The Hall–Kier alpha value is -3.87. The molecule has 0 radical (unpaired) electrons. The SMILES string of the molecule is CN(C(=O)c1ccc2c(c1)[C@H](NC(=O)C1CCOc3ccccc31)CC2)C1CCN(c2ccncc2)CC1. The summed E-state index contributed by atoms with van der Waals surface area (Å²) in [6.45, 7) is 2.38. The zero-order valence-corrected chi connectivity index (χ0v) is 21.8. The second kappa shape index (κ2) is 10.5. The van der Waals surface area contributed by atoms with E-state index < -0.39 is 0 Å². The average molecular weight is 511 g/mol. The van der Waals surface area contributed by atoms with Crippen molar-refractivity contribution in [1.29, 1.82) is 0 Å². The molecule has 3 aromatic rings. The largest absolute Gasteiger partial charge is 0.493 e. The first-order valence-electron chi connectivity index (χ1n) is 13.7. The fourth-order valence-electron chi connectivity index (χ4n) is 6.21. The van der Waals surface area contributed by atoms with Crippen LogP contribution >= 0.6 is 0 Å². The Morgan fingerprint density at radius 3 is 2.58 bits per heavy atom. The van der Waals surface area contributed by atoms with E-state index in [0.717, 1.165) is 55.6 Å². The van der Waals surface area contributed by atoms with Crippen LogP contribution in [0.15, 0.2) is 67.0 Å². The van der Waals surface area contributed by atoms with Crippen molar-refractivity contribution >= 4 is 17.5 Å². The monoisotopic (exact) mass is 510 g/mol. The molecule has 2 aromatic carbocycles. The summed E-state index contributed by atoms with van der Waals surface area (Å²) in [5.74, 6) is 0.671. The van der Waals surface area contributed by atoms with Crippen molar-refractivity contribution < 1.29 is 14.3 Å². The van der Waals surface area contributed by atoms with E-state index in [9.17, 15) is 9.59 Å². The Morgan fingerprint density at radius 1 is 0.974 bits per heavy atom. The molecule has 1 unspecified atom stereocenters. The molecular weight excluding hydrogens is 476 g/mol. The maximum absolute atomic E-state index is 13.5. The van der Waals surface area contributed by atoms with E-state index in [-0.39, 0.29) is 29.8 Å². The number of para-hydroxylation sites is 1. The minimum Gasteiger partial charge on any atom is -0.493 e. The van der Waals surface area contributed by atoms with Gasteiger partial charge < -0.3 is 19.9 Å². The number of aryl methyl sites for hydroxylation is 1. The van der Waals surface area contributed by atoms with Crippen molar-refractivity contribution in [3.05, 3.63) is 89.2 Å². The molecule has 1 saturated heterocycles. The van der Waals surface area contributed by atoms with Crippen LogP contribution in [0.1, 0.15) is 64.7 Å². The molecular formula is C31H34N4O3. The number of nitrogens with one attached hydrogen (secondary N) is 1. The lowest BCUT2D eigenvalue weighted by molar-refractivity contribution is -0.124. The molecule has 2 atom stereocenters. The fraction of sp³-hybridized carbons (Fsp3) is 0.387. The van der Waals surface area contributed by atoms with Gasteiger partial charge in [-0.25, -0.2) is 0 Å². The topological polar surface area (TPSA) is 74.8 Å². The van der Waals surface area contributed by atoms with E-state index in [0.29, 0.717) is 18.6 Å². The molecule has 2 aliphatic heterocycles. The van der Waals surface area contributed by atoms with Crippen molar-refractivity contribution in [2.24, 2.45) is 0 Å². The van der Waals surface area contributed by atoms with E-state index in [1.54, 1.807) is 0 Å². The summed E-state index contributed by atoms with van der Waals surface area (Å²) in [7, 11) is 1.92. The van der Waals surface area contributed by atoms with Gasteiger partial charge in [0.1, 0.15) is 5.75 Å². The highest BCUT2D eigenvalue weighted by atomic mass is 16.5. The number of ether oxygens (including phenoxy) is 1. The molecule has 3 heterocycles. The predicted octanol–water partition coefficient (Wildman–Crippen LogP) is 4.49. The summed E-state index contributed by atoms with van der Waals surface area (Å²) in [6, 6.07) is 18.0. The van der Waals surface area contributed by atoms with Crippen LogP contribution in [0.25, 0.3) is 0 Å². The van der Waals surface area contributed by atoms with Crippen LogP contribution in [0.4, 0.5) is 5.69 Å². The summed E-state index contributed by atoms with van der Waals surface area (Å²) in [4.78, 5) is 35.2. The molecule has 1 aliphatic carbocycles. The maximum Gasteiger partial charge on any atom is 0.253 e. The minimum absolute atomic E-state index is 0.0356. The number of pyridine rings is 1. The quantitative estimate of drug-likeness (QED) is 0.547. The van der Waals surface area contributed by atoms with Gasteiger partial charge in [-0.15, -0.1) is 0 Å². The van der Waals surface area contributed by atoms with Gasteiger partial charge in [0.2, 0.25) is 5.91 Å². The van der Waals surface area contributed by atoms with E-state index >= 15 is 0 Å². The number of fused-ring (bicyclic) bond motifs is 2. The molecule has 3 aliphatic rings. The molecule has 0 spiro atoms. The van der Waals surface area contributed by atoms with Gasteiger partial charge in [0.25, 0.3) is 5.91 Å². The van der Waals surface area contributed by atoms with Gasteiger partial charge in [-0.1, -0.05) is 24.3 Å². The highest BCUT2D eigenvalue weighted by Gasteiger charge is 2.32. The van der Waals surface area contributed by atoms with Crippen LogP contribution in [-0.4, -0.2) is 54.5 Å². The molecule has 0 bridgehead atoms. The van der Waals surface area contributed by atoms with Crippen LogP contribution in [0.5, 0.6) is 5.75 Å². The lowest BCUT2D eigenvalue weighted by atomic mass is 9.92. The highest BCUT2D eigenvalue weighted by molar-refractivity contribution is 5.94. The molecule has 1 N–H and O–H groups in total. The Labute approximate surface area is 223 Å². The summed E-state index contributed by atoms with van der Waals surface area (Å²) in [5.41, 5.74) is 5.12. The van der Waals surface area contributed by atoms with Gasteiger partial charge in [-0.05, 0) is 73.6 Å². The lowest BCUT2D eigenvalue weighted by Crippen LogP contribution is -2.45. The number of hydrogen-bond acceptors (Lipinski definition) is 5. The van der Waals surface area contributed by atoms with Crippen molar-refractivity contribution in [2.75, 3.05) is 31.6 Å². The number of amides is 2. The first-order valence-corrected chi connectivity index (χ1v) is 13.7. The smallest absolute Gasteiger partial charge is 0.253 e. The number of carbonyl (C=O) groups excluding carboxylic acids is 2. The molecule has 1 fully saturated rings. The Morgan fingerprint density at radius 2 is 1.76 bits per heavy atom. The molecule has 0 saturated carbocycles. The number of nitrogens with zero attached hydrogens (tertiary/aromatic N) is 3. The molecule has 2 amide bonds. The molecule has 7 nitrogen and oxygen atoms in total. The number of benzene rings is 2. The third-order valence-corrected chi connectivity index (χ3v) is 8.42. The summed E-state index contributed by atoms with van der Waals surface area (Å²) in [5, 5.41) is 3.30. The lowest BCUT2D eigenvalue weighted by Gasteiger charge is -2.38. The number of rotatable bonds is 5. The number of hydrogen-bond donors (Lipinski definition) is 1. The van der Waals surface area contributed by atoms with E-state index in [1.807, 2.05) is 72.9 Å². The van der Waals surface area contributed by atoms with Gasteiger partial charge in [0.05, 0.1) is 18.6 Å². The van der Waals surface area contributed by atoms with Crippen molar-refractivity contribution in [1.82, 2.24) is 15.2 Å². The van der Waals surface area contributed by atoms with Crippen LogP contribution in [0, 0.1) is 0 Å². The number of anilines is 1.